The summed E-state index contributed by atoms with van der Waals surface area (Å²) in [5.74, 6) is 0.698. The van der Waals surface area contributed by atoms with Crippen LogP contribution in [0.4, 0.5) is 0 Å². The minimum absolute atomic E-state index is 0.00662. The number of aryl methyl sites for hydroxylation is 1. The lowest BCUT2D eigenvalue weighted by atomic mass is 9.98. The van der Waals surface area contributed by atoms with Gasteiger partial charge >= 0.3 is 0 Å². The molecule has 0 saturated carbocycles. The molecule has 0 unspecified atom stereocenters. The van der Waals surface area contributed by atoms with E-state index in [4.69, 9.17) is 4.74 Å². The highest BCUT2D eigenvalue weighted by molar-refractivity contribution is 5.74. The van der Waals surface area contributed by atoms with Crippen molar-refractivity contribution in [3.05, 3.63) is 51.9 Å². The van der Waals surface area contributed by atoms with Gasteiger partial charge < -0.3 is 9.30 Å². The van der Waals surface area contributed by atoms with Crippen molar-refractivity contribution < 1.29 is 4.74 Å². The molecule has 0 radical (unpaired) electrons. The van der Waals surface area contributed by atoms with Crippen LogP contribution in [-0.4, -0.2) is 4.57 Å². The van der Waals surface area contributed by atoms with Crippen LogP contribution in [0.3, 0.4) is 0 Å². The Kier molecular flexibility index (Phi) is 2.08. The van der Waals surface area contributed by atoms with Gasteiger partial charge in [0.25, 0.3) is 5.56 Å². The number of hydrogen-bond acceptors (Lipinski definition) is 2. The first-order valence-electron chi connectivity index (χ1n) is 5.60. The lowest BCUT2D eigenvalue weighted by Crippen LogP contribution is -2.24. The van der Waals surface area contributed by atoms with Crippen LogP contribution >= 0.6 is 0 Å². The van der Waals surface area contributed by atoms with Gasteiger partial charge in [-0.1, -0.05) is 24.3 Å². The summed E-state index contributed by atoms with van der Waals surface area (Å²) in [6.45, 7) is 2.45. The Bertz CT molecular complexity index is 656. The van der Waals surface area contributed by atoms with Crippen LogP contribution in [0.5, 0.6) is 5.75 Å². The van der Waals surface area contributed by atoms with Crippen LogP contribution in [0, 0.1) is 6.92 Å². The fourth-order valence-corrected chi connectivity index (χ4v) is 2.20. The molecular weight excluding hydrogens is 214 g/mol. The zero-order valence-corrected chi connectivity index (χ0v) is 9.86. The fraction of sp³-hybridized carbons (Fsp3) is 0.214. The van der Waals surface area contributed by atoms with Gasteiger partial charge in [0.1, 0.15) is 12.4 Å². The lowest BCUT2D eigenvalue weighted by Gasteiger charge is -2.21. The molecule has 1 aromatic carbocycles. The van der Waals surface area contributed by atoms with Gasteiger partial charge in [-0.3, -0.25) is 4.79 Å². The average Bonchev–Trinajstić information content (AvgIpc) is 2.35. The second kappa shape index (κ2) is 3.48. The van der Waals surface area contributed by atoms with Gasteiger partial charge in [-0.15, -0.1) is 0 Å². The van der Waals surface area contributed by atoms with Gasteiger partial charge in [0, 0.05) is 18.8 Å². The normalized spacial score (nSPS) is 12.6. The molecule has 17 heavy (non-hydrogen) atoms. The first-order chi connectivity index (χ1) is 8.18. The van der Waals surface area contributed by atoms with Crippen molar-refractivity contribution in [2.45, 2.75) is 13.5 Å². The first-order valence-corrected chi connectivity index (χ1v) is 5.60. The highest BCUT2D eigenvalue weighted by Gasteiger charge is 2.21. The van der Waals surface area contributed by atoms with Gasteiger partial charge in [0.05, 0.1) is 5.56 Å². The molecule has 0 amide bonds. The van der Waals surface area contributed by atoms with Gasteiger partial charge in [-0.2, -0.15) is 0 Å². The number of hydrogen-bond donors (Lipinski definition) is 0. The van der Waals surface area contributed by atoms with E-state index in [1.54, 1.807) is 11.6 Å². The predicted octanol–water partition coefficient (Wildman–Crippen LogP) is 2.25. The molecule has 2 heterocycles. The van der Waals surface area contributed by atoms with E-state index in [-0.39, 0.29) is 5.56 Å². The molecular formula is C14H13NO2. The van der Waals surface area contributed by atoms with E-state index in [1.807, 2.05) is 37.3 Å². The Morgan fingerprint density at radius 2 is 2.06 bits per heavy atom. The van der Waals surface area contributed by atoms with Crippen LogP contribution in [0.2, 0.25) is 0 Å². The average molecular weight is 227 g/mol. The molecule has 0 fully saturated rings. The number of benzene rings is 1. The van der Waals surface area contributed by atoms with Crippen LogP contribution in [0.15, 0.2) is 35.1 Å². The Labute approximate surface area is 99.3 Å². The summed E-state index contributed by atoms with van der Waals surface area (Å²) in [4.78, 5) is 12.3. The number of ether oxygens (including phenoxy) is 1. The minimum Gasteiger partial charge on any atom is -0.488 e. The number of aromatic nitrogens is 1. The third-order valence-electron chi connectivity index (χ3n) is 3.30. The molecule has 3 nitrogen and oxygen atoms in total. The monoisotopic (exact) mass is 227 g/mol. The zero-order valence-electron chi connectivity index (χ0n) is 9.86. The van der Waals surface area contributed by atoms with Crippen molar-refractivity contribution in [2.24, 2.45) is 7.05 Å². The third kappa shape index (κ3) is 1.39. The van der Waals surface area contributed by atoms with E-state index in [0.717, 1.165) is 16.8 Å². The van der Waals surface area contributed by atoms with Crippen LogP contribution < -0.4 is 10.3 Å². The molecule has 0 atom stereocenters. The maximum Gasteiger partial charge on any atom is 0.262 e. The van der Waals surface area contributed by atoms with Crippen LogP contribution in [0.1, 0.15) is 11.3 Å². The maximum atomic E-state index is 12.3. The summed E-state index contributed by atoms with van der Waals surface area (Å²) in [5.41, 5.74) is 3.66. The van der Waals surface area contributed by atoms with E-state index in [9.17, 15) is 4.79 Å². The van der Waals surface area contributed by atoms with Crippen molar-refractivity contribution in [1.82, 2.24) is 4.57 Å². The van der Waals surface area contributed by atoms with E-state index in [1.165, 1.54) is 0 Å². The largest absolute Gasteiger partial charge is 0.488 e. The molecule has 0 aliphatic carbocycles. The standard InChI is InChI=1S/C14H13NO2/c1-9-7-12-13(14(16)15(9)2)11-6-4-3-5-10(11)8-17-12/h3-7H,8H2,1-2H3. The third-order valence-corrected chi connectivity index (χ3v) is 3.30. The molecule has 0 N–H and O–H groups in total. The maximum absolute atomic E-state index is 12.3. The van der Waals surface area contributed by atoms with Crippen LogP contribution in [0.25, 0.3) is 11.1 Å². The molecule has 1 aromatic heterocycles. The summed E-state index contributed by atoms with van der Waals surface area (Å²) in [5, 5.41) is 0. The van der Waals surface area contributed by atoms with Gasteiger partial charge in [0.2, 0.25) is 0 Å². The van der Waals surface area contributed by atoms with Crippen LogP contribution in [-0.2, 0) is 13.7 Å². The summed E-state index contributed by atoms with van der Waals surface area (Å²) in [7, 11) is 1.79. The van der Waals surface area contributed by atoms with E-state index in [0.29, 0.717) is 17.9 Å². The van der Waals surface area contributed by atoms with Gasteiger partial charge in [-0.05, 0) is 18.1 Å². The number of rotatable bonds is 0. The minimum atomic E-state index is 0.00662. The molecule has 0 bridgehead atoms. The molecule has 1 aliphatic heterocycles. The molecule has 3 heteroatoms. The number of fused-ring (bicyclic) bond motifs is 3. The molecule has 0 saturated heterocycles. The summed E-state index contributed by atoms with van der Waals surface area (Å²) in [6.07, 6.45) is 0. The van der Waals surface area contributed by atoms with Gasteiger partial charge in [-0.25, -0.2) is 0 Å². The topological polar surface area (TPSA) is 31.2 Å². The Morgan fingerprint density at radius 3 is 2.88 bits per heavy atom. The van der Waals surface area contributed by atoms with Crippen molar-refractivity contribution in [3.8, 4) is 16.9 Å². The van der Waals surface area contributed by atoms with Gasteiger partial charge in [0.15, 0.2) is 0 Å². The highest BCUT2D eigenvalue weighted by Crippen LogP contribution is 2.34. The Balaban J connectivity index is 2.40. The van der Waals surface area contributed by atoms with Crippen molar-refractivity contribution in [2.75, 3.05) is 0 Å². The first kappa shape index (κ1) is 10.1. The van der Waals surface area contributed by atoms with E-state index < -0.39 is 0 Å². The van der Waals surface area contributed by atoms with Crippen molar-refractivity contribution in [3.63, 3.8) is 0 Å². The van der Waals surface area contributed by atoms with Crippen molar-refractivity contribution in [1.29, 1.82) is 0 Å². The summed E-state index contributed by atoms with van der Waals surface area (Å²) in [6, 6.07) is 9.82. The smallest absolute Gasteiger partial charge is 0.262 e. The highest BCUT2D eigenvalue weighted by atomic mass is 16.5. The van der Waals surface area contributed by atoms with Crippen molar-refractivity contribution >= 4 is 0 Å². The predicted molar refractivity (Wildman–Crippen MR) is 66.2 cm³/mol. The summed E-state index contributed by atoms with van der Waals surface area (Å²) < 4.78 is 7.31. The Morgan fingerprint density at radius 1 is 1.29 bits per heavy atom. The van der Waals surface area contributed by atoms with E-state index >= 15 is 0 Å². The second-order valence-electron chi connectivity index (χ2n) is 4.33. The number of pyridine rings is 1. The summed E-state index contributed by atoms with van der Waals surface area (Å²) >= 11 is 0. The lowest BCUT2D eigenvalue weighted by molar-refractivity contribution is 0.300. The quantitative estimate of drug-likeness (QED) is 0.691. The zero-order chi connectivity index (χ0) is 12.0. The fourth-order valence-electron chi connectivity index (χ4n) is 2.20. The van der Waals surface area contributed by atoms with E-state index in [2.05, 4.69) is 0 Å². The molecule has 0 spiro atoms. The molecule has 2 aromatic rings. The Hall–Kier alpha value is -2.03. The molecule has 3 rings (SSSR count). The molecule has 1 aliphatic rings. The molecule has 86 valence electrons. The SMILES string of the molecule is Cc1cc2c(c(=O)n1C)-c1ccccc1CO2. The number of nitrogens with zero attached hydrogens (tertiary/aromatic N) is 1. The second-order valence-corrected chi connectivity index (χ2v) is 4.33.